The lowest BCUT2D eigenvalue weighted by Crippen LogP contribution is -2.30. The molecule has 0 saturated carbocycles. The van der Waals surface area contributed by atoms with Crippen LogP contribution in [-0.2, 0) is 9.59 Å². The van der Waals surface area contributed by atoms with E-state index in [1.807, 2.05) is 35.0 Å². The van der Waals surface area contributed by atoms with Crippen LogP contribution in [-0.4, -0.2) is 28.5 Å². The van der Waals surface area contributed by atoms with Crippen LogP contribution >= 0.6 is 46.0 Å². The van der Waals surface area contributed by atoms with E-state index in [9.17, 15) is 14.4 Å². The molecule has 0 aliphatic rings. The molecule has 42 heavy (non-hydrogen) atoms. The van der Waals surface area contributed by atoms with Crippen molar-refractivity contribution >= 4 is 80.7 Å². The normalized spacial score (nSPS) is 11.1. The number of benzene rings is 3. The van der Waals surface area contributed by atoms with Crippen LogP contribution in [0.3, 0.4) is 0 Å². The smallest absolute Gasteiger partial charge is 0.272 e. The molecule has 5 aromatic rings. The summed E-state index contributed by atoms with van der Waals surface area (Å²) in [6, 6.07) is 26.7. The number of thiazole rings is 1. The Morgan fingerprint density at radius 2 is 1.62 bits per heavy atom. The first-order chi connectivity index (χ1) is 20.4. The quantitative estimate of drug-likeness (QED) is 0.109. The van der Waals surface area contributed by atoms with Gasteiger partial charge in [0.05, 0.1) is 16.3 Å². The summed E-state index contributed by atoms with van der Waals surface area (Å²) in [5.41, 5.74) is 2.41. The second-order valence-electron chi connectivity index (χ2n) is 8.73. The second kappa shape index (κ2) is 14.1. The monoisotopic (exact) mass is 630 g/mol. The Bertz CT molecular complexity index is 1720. The third kappa shape index (κ3) is 7.95. The predicted octanol–water partition coefficient (Wildman–Crippen LogP) is 7.67. The average Bonchev–Trinajstić information content (AvgIpc) is 3.71. The third-order valence-electron chi connectivity index (χ3n) is 5.74. The minimum Gasteiger partial charge on any atom is -0.321 e. The molecule has 0 radical (unpaired) electrons. The molecule has 210 valence electrons. The Morgan fingerprint density at radius 3 is 2.36 bits per heavy atom. The van der Waals surface area contributed by atoms with Gasteiger partial charge in [-0.1, -0.05) is 54.1 Å². The lowest BCUT2D eigenvalue weighted by Gasteiger charge is -2.12. The van der Waals surface area contributed by atoms with E-state index in [1.54, 1.807) is 78.1 Å². The van der Waals surface area contributed by atoms with Crippen molar-refractivity contribution in [3.63, 3.8) is 0 Å². The molecule has 0 aliphatic heterocycles. The highest BCUT2D eigenvalue weighted by Gasteiger charge is 2.16. The van der Waals surface area contributed by atoms with E-state index in [2.05, 4.69) is 20.9 Å². The summed E-state index contributed by atoms with van der Waals surface area (Å²) in [5, 5.41) is 13.3. The lowest BCUT2D eigenvalue weighted by molar-refractivity contribution is -0.114. The van der Waals surface area contributed by atoms with Gasteiger partial charge in [0.2, 0.25) is 5.91 Å². The highest BCUT2D eigenvalue weighted by atomic mass is 35.5. The number of hydrogen-bond donors (Lipinski definition) is 3. The summed E-state index contributed by atoms with van der Waals surface area (Å²) in [4.78, 5) is 44.9. The molecular formula is C31H23ClN4O3S3. The number of hydrogen-bond acceptors (Lipinski definition) is 7. The number of aromatic nitrogens is 1. The maximum Gasteiger partial charge on any atom is 0.272 e. The molecule has 3 amide bonds. The van der Waals surface area contributed by atoms with Crippen LogP contribution < -0.4 is 16.0 Å². The molecule has 2 aromatic heterocycles. The maximum absolute atomic E-state index is 13.2. The largest absolute Gasteiger partial charge is 0.321 e. The Balaban J connectivity index is 1.20. The molecule has 0 unspecified atom stereocenters. The van der Waals surface area contributed by atoms with Crippen LogP contribution in [0.1, 0.15) is 15.9 Å². The molecule has 3 N–H and O–H groups in total. The van der Waals surface area contributed by atoms with Gasteiger partial charge in [0.25, 0.3) is 11.8 Å². The van der Waals surface area contributed by atoms with E-state index in [-0.39, 0.29) is 17.4 Å². The molecule has 0 fully saturated rings. The fourth-order valence-electron chi connectivity index (χ4n) is 3.70. The molecule has 0 aliphatic carbocycles. The lowest BCUT2D eigenvalue weighted by atomic mass is 10.1. The van der Waals surface area contributed by atoms with Crippen molar-refractivity contribution < 1.29 is 14.4 Å². The Labute approximate surface area is 259 Å². The van der Waals surface area contributed by atoms with Crippen molar-refractivity contribution in [2.75, 3.05) is 16.4 Å². The summed E-state index contributed by atoms with van der Waals surface area (Å²) in [7, 11) is 0. The number of carbonyl (C=O) groups is 3. The summed E-state index contributed by atoms with van der Waals surface area (Å²) in [6.45, 7) is 0. The van der Waals surface area contributed by atoms with E-state index in [1.165, 1.54) is 29.2 Å². The van der Waals surface area contributed by atoms with Gasteiger partial charge in [0.15, 0.2) is 5.13 Å². The fourth-order valence-corrected chi connectivity index (χ4v) is 6.07. The van der Waals surface area contributed by atoms with E-state index in [0.29, 0.717) is 27.0 Å². The topological polar surface area (TPSA) is 100 Å². The molecule has 0 atom stereocenters. The van der Waals surface area contributed by atoms with Gasteiger partial charge in [0, 0.05) is 26.5 Å². The summed E-state index contributed by atoms with van der Waals surface area (Å²) in [5.74, 6) is -0.887. The minimum atomic E-state index is -0.510. The number of halogens is 1. The van der Waals surface area contributed by atoms with Gasteiger partial charge >= 0.3 is 0 Å². The number of nitrogens with one attached hydrogen (secondary N) is 3. The number of carbonyl (C=O) groups excluding carboxylic acids is 3. The van der Waals surface area contributed by atoms with E-state index < -0.39 is 11.8 Å². The molecule has 0 bridgehead atoms. The van der Waals surface area contributed by atoms with Crippen molar-refractivity contribution in [3.05, 3.63) is 124 Å². The van der Waals surface area contributed by atoms with Crippen LogP contribution in [0.5, 0.6) is 0 Å². The van der Waals surface area contributed by atoms with Crippen molar-refractivity contribution in [3.8, 4) is 10.6 Å². The van der Waals surface area contributed by atoms with Crippen LogP contribution in [0.25, 0.3) is 16.6 Å². The van der Waals surface area contributed by atoms with E-state index in [0.717, 1.165) is 15.5 Å². The zero-order valence-electron chi connectivity index (χ0n) is 21.9. The van der Waals surface area contributed by atoms with Gasteiger partial charge in [-0.25, -0.2) is 4.98 Å². The molecular weight excluding hydrogens is 608 g/mol. The molecule has 11 heteroatoms. The average molecular weight is 631 g/mol. The first kappa shape index (κ1) is 29.3. The number of amides is 3. The summed E-state index contributed by atoms with van der Waals surface area (Å²) in [6.07, 6.45) is 1.53. The number of thiophene rings is 1. The Morgan fingerprint density at radius 1 is 0.857 bits per heavy atom. The third-order valence-corrected chi connectivity index (χ3v) is 8.75. The van der Waals surface area contributed by atoms with Crippen molar-refractivity contribution in [2.45, 2.75) is 4.90 Å². The number of rotatable bonds is 10. The van der Waals surface area contributed by atoms with Gasteiger partial charge in [-0.15, -0.1) is 34.4 Å². The highest BCUT2D eigenvalue weighted by Crippen LogP contribution is 2.29. The predicted molar refractivity (Wildman–Crippen MR) is 173 cm³/mol. The summed E-state index contributed by atoms with van der Waals surface area (Å²) >= 11 is 10.7. The first-order valence-electron chi connectivity index (χ1n) is 12.6. The van der Waals surface area contributed by atoms with Crippen LogP contribution in [0.15, 0.2) is 112 Å². The maximum atomic E-state index is 13.2. The van der Waals surface area contributed by atoms with Crippen molar-refractivity contribution in [1.29, 1.82) is 0 Å². The van der Waals surface area contributed by atoms with Crippen molar-refractivity contribution in [2.24, 2.45) is 0 Å². The fraction of sp³-hybridized carbons (Fsp3) is 0.0323. The Hall–Kier alpha value is -4.22. The van der Waals surface area contributed by atoms with E-state index >= 15 is 0 Å². The molecule has 5 rings (SSSR count). The molecule has 0 spiro atoms. The zero-order valence-corrected chi connectivity index (χ0v) is 25.1. The van der Waals surface area contributed by atoms with Crippen LogP contribution in [0, 0.1) is 0 Å². The molecule has 0 saturated heterocycles. The van der Waals surface area contributed by atoms with Gasteiger partial charge in [-0.3, -0.25) is 14.4 Å². The second-order valence-corrected chi connectivity index (χ2v) is 12.0. The van der Waals surface area contributed by atoms with Gasteiger partial charge < -0.3 is 16.0 Å². The van der Waals surface area contributed by atoms with Gasteiger partial charge in [-0.2, -0.15) is 0 Å². The first-order valence-corrected chi connectivity index (χ1v) is 15.7. The van der Waals surface area contributed by atoms with Crippen molar-refractivity contribution in [1.82, 2.24) is 10.3 Å². The minimum absolute atomic E-state index is 0.0384. The highest BCUT2D eigenvalue weighted by molar-refractivity contribution is 8.00. The van der Waals surface area contributed by atoms with Crippen LogP contribution in [0.2, 0.25) is 5.02 Å². The molecule has 3 aromatic carbocycles. The SMILES string of the molecule is O=C(CSc1ccc(NC(=O)/C(=C/c2ccccc2Cl)NC(=O)c2ccccc2)cc1)Nc1nc(-c2cccs2)cs1. The number of thioether (sulfide) groups is 1. The zero-order chi connectivity index (χ0) is 29.3. The number of nitrogens with zero attached hydrogens (tertiary/aromatic N) is 1. The van der Waals surface area contributed by atoms with Gasteiger partial charge in [-0.05, 0) is 65.6 Å². The molecule has 2 heterocycles. The number of anilines is 2. The standard InChI is InChI=1S/C31H23ClN4O3S3/c32-24-10-5-4-9-21(24)17-25(34-29(38)20-7-2-1-3-8-20)30(39)33-22-12-14-23(15-13-22)41-19-28(37)36-31-35-26(18-42-31)27-11-6-16-40-27/h1-18H,19H2,(H,33,39)(H,34,38)(H,35,36,37)/b25-17-. The van der Waals surface area contributed by atoms with E-state index in [4.69, 9.17) is 11.6 Å². The summed E-state index contributed by atoms with van der Waals surface area (Å²) < 4.78 is 0. The van der Waals surface area contributed by atoms with Crippen LogP contribution in [0.4, 0.5) is 10.8 Å². The Kier molecular flexibility index (Phi) is 9.83. The van der Waals surface area contributed by atoms with Gasteiger partial charge in [0.1, 0.15) is 5.70 Å². The molecule has 7 nitrogen and oxygen atoms in total.